The molecule has 4 heteroatoms. The Morgan fingerprint density at radius 3 is 2.55 bits per heavy atom. The van der Waals surface area contributed by atoms with Gasteiger partial charge in [-0.25, -0.2) is 4.79 Å². The van der Waals surface area contributed by atoms with Crippen LogP contribution in [-0.4, -0.2) is 25.0 Å². The first-order chi connectivity index (χ1) is 9.65. The number of nitrogens with one attached hydrogen (secondary N) is 1. The first-order valence-corrected chi connectivity index (χ1v) is 6.40. The van der Waals surface area contributed by atoms with E-state index in [2.05, 4.69) is 5.32 Å². The largest absolute Gasteiger partial charge is 0.489 e. The molecule has 0 saturated carbocycles. The Hall–Kier alpha value is -2.49. The molecule has 0 radical (unpaired) electrons. The molecular weight excluding hydrogens is 252 g/mol. The molecule has 0 heterocycles. The van der Waals surface area contributed by atoms with E-state index in [0.29, 0.717) is 12.3 Å². The molecule has 2 aromatic carbocycles. The molecule has 0 atom stereocenters. The number of hydrogen-bond acceptors (Lipinski definition) is 2. The SMILES string of the molecule is CN(C)C(=O)Nc1cccc(OCc2ccccc2)c1. The zero-order chi connectivity index (χ0) is 14.4. The van der Waals surface area contributed by atoms with Crippen LogP contribution in [0.4, 0.5) is 10.5 Å². The van der Waals surface area contributed by atoms with Crippen LogP contribution in [0, 0.1) is 0 Å². The molecule has 20 heavy (non-hydrogen) atoms. The smallest absolute Gasteiger partial charge is 0.321 e. The lowest BCUT2D eigenvalue weighted by atomic mass is 10.2. The van der Waals surface area contributed by atoms with Crippen LogP contribution >= 0.6 is 0 Å². The Bertz CT molecular complexity index is 568. The second kappa shape index (κ2) is 6.61. The van der Waals surface area contributed by atoms with E-state index in [9.17, 15) is 4.79 Å². The molecule has 0 unspecified atom stereocenters. The lowest BCUT2D eigenvalue weighted by molar-refractivity contribution is 0.230. The monoisotopic (exact) mass is 270 g/mol. The van der Waals surface area contributed by atoms with Crippen LogP contribution in [0.2, 0.25) is 0 Å². The minimum absolute atomic E-state index is 0.162. The van der Waals surface area contributed by atoms with E-state index in [-0.39, 0.29) is 6.03 Å². The van der Waals surface area contributed by atoms with Crippen LogP contribution in [0.1, 0.15) is 5.56 Å². The molecule has 2 rings (SSSR count). The van der Waals surface area contributed by atoms with E-state index in [4.69, 9.17) is 4.74 Å². The molecule has 104 valence electrons. The molecular formula is C16H18N2O2. The number of anilines is 1. The molecule has 2 amide bonds. The summed E-state index contributed by atoms with van der Waals surface area (Å²) < 4.78 is 5.71. The third-order valence-electron chi connectivity index (χ3n) is 2.74. The predicted molar refractivity (Wildman–Crippen MR) is 79.9 cm³/mol. The van der Waals surface area contributed by atoms with Gasteiger partial charge in [-0.3, -0.25) is 0 Å². The van der Waals surface area contributed by atoms with E-state index in [1.807, 2.05) is 54.6 Å². The first-order valence-electron chi connectivity index (χ1n) is 6.40. The van der Waals surface area contributed by atoms with Crippen molar-refractivity contribution >= 4 is 11.7 Å². The number of carbonyl (C=O) groups excluding carboxylic acids is 1. The average molecular weight is 270 g/mol. The van der Waals surface area contributed by atoms with Crippen molar-refractivity contribution in [2.45, 2.75) is 6.61 Å². The maximum atomic E-state index is 11.6. The van der Waals surface area contributed by atoms with Crippen molar-refractivity contribution in [3.63, 3.8) is 0 Å². The second-order valence-electron chi connectivity index (χ2n) is 4.63. The standard InChI is InChI=1S/C16H18N2O2/c1-18(2)16(19)17-14-9-6-10-15(11-14)20-12-13-7-4-3-5-8-13/h3-11H,12H2,1-2H3,(H,17,19). The third-order valence-corrected chi connectivity index (χ3v) is 2.74. The quantitative estimate of drug-likeness (QED) is 0.925. The van der Waals surface area contributed by atoms with Gasteiger partial charge in [-0.1, -0.05) is 36.4 Å². The zero-order valence-corrected chi connectivity index (χ0v) is 11.7. The van der Waals surface area contributed by atoms with Crippen molar-refractivity contribution in [1.82, 2.24) is 4.90 Å². The van der Waals surface area contributed by atoms with Crippen LogP contribution < -0.4 is 10.1 Å². The molecule has 4 nitrogen and oxygen atoms in total. The van der Waals surface area contributed by atoms with Crippen molar-refractivity contribution in [3.8, 4) is 5.75 Å². The first kappa shape index (κ1) is 13.9. The average Bonchev–Trinajstić information content (AvgIpc) is 2.46. The van der Waals surface area contributed by atoms with Gasteiger partial charge < -0.3 is 15.0 Å². The Labute approximate surface area is 119 Å². The maximum Gasteiger partial charge on any atom is 0.321 e. The summed E-state index contributed by atoms with van der Waals surface area (Å²) in [6, 6.07) is 17.2. The van der Waals surface area contributed by atoms with Crippen molar-refractivity contribution in [1.29, 1.82) is 0 Å². The summed E-state index contributed by atoms with van der Waals surface area (Å²) >= 11 is 0. The summed E-state index contributed by atoms with van der Waals surface area (Å²) in [5.41, 5.74) is 1.82. The highest BCUT2D eigenvalue weighted by Crippen LogP contribution is 2.18. The predicted octanol–water partition coefficient (Wildman–Crippen LogP) is 3.36. The van der Waals surface area contributed by atoms with Gasteiger partial charge in [0.2, 0.25) is 0 Å². The van der Waals surface area contributed by atoms with E-state index in [1.54, 1.807) is 14.1 Å². The molecule has 0 spiro atoms. The number of nitrogens with zero attached hydrogens (tertiary/aromatic N) is 1. The lowest BCUT2D eigenvalue weighted by Crippen LogP contribution is -2.27. The molecule has 0 saturated heterocycles. The molecule has 2 aromatic rings. The van der Waals surface area contributed by atoms with Crippen LogP contribution in [0.15, 0.2) is 54.6 Å². The highest BCUT2D eigenvalue weighted by atomic mass is 16.5. The van der Waals surface area contributed by atoms with Gasteiger partial charge in [0.15, 0.2) is 0 Å². The van der Waals surface area contributed by atoms with Crippen LogP contribution in [0.3, 0.4) is 0 Å². The molecule has 0 aliphatic rings. The number of rotatable bonds is 4. The van der Waals surface area contributed by atoms with Gasteiger partial charge in [-0.15, -0.1) is 0 Å². The van der Waals surface area contributed by atoms with E-state index < -0.39 is 0 Å². The van der Waals surface area contributed by atoms with Gasteiger partial charge in [0.25, 0.3) is 0 Å². The van der Waals surface area contributed by atoms with Crippen LogP contribution in [0.25, 0.3) is 0 Å². The normalized spacial score (nSPS) is 9.90. The van der Waals surface area contributed by atoms with Gasteiger partial charge in [-0.2, -0.15) is 0 Å². The molecule has 0 aromatic heterocycles. The minimum Gasteiger partial charge on any atom is -0.489 e. The Kier molecular flexibility index (Phi) is 4.60. The van der Waals surface area contributed by atoms with E-state index in [0.717, 1.165) is 11.3 Å². The summed E-state index contributed by atoms with van der Waals surface area (Å²) in [6.07, 6.45) is 0. The maximum absolute atomic E-state index is 11.6. The van der Waals surface area contributed by atoms with Crippen molar-refractivity contribution in [2.24, 2.45) is 0 Å². The minimum atomic E-state index is -0.162. The highest BCUT2D eigenvalue weighted by molar-refractivity contribution is 5.89. The molecule has 0 aliphatic heterocycles. The van der Waals surface area contributed by atoms with Gasteiger partial charge in [0.05, 0.1) is 0 Å². The Morgan fingerprint density at radius 1 is 1.10 bits per heavy atom. The molecule has 1 N–H and O–H groups in total. The number of hydrogen-bond donors (Lipinski definition) is 1. The van der Waals surface area contributed by atoms with Crippen LogP contribution in [-0.2, 0) is 6.61 Å². The van der Waals surface area contributed by atoms with Crippen molar-refractivity contribution in [2.75, 3.05) is 19.4 Å². The fraction of sp³-hybridized carbons (Fsp3) is 0.188. The number of amides is 2. The fourth-order valence-corrected chi connectivity index (χ4v) is 1.64. The molecule has 0 bridgehead atoms. The Morgan fingerprint density at radius 2 is 1.85 bits per heavy atom. The summed E-state index contributed by atoms with van der Waals surface area (Å²) in [4.78, 5) is 13.1. The second-order valence-corrected chi connectivity index (χ2v) is 4.63. The summed E-state index contributed by atoms with van der Waals surface area (Å²) in [7, 11) is 3.40. The van der Waals surface area contributed by atoms with Crippen LogP contribution in [0.5, 0.6) is 5.75 Å². The third kappa shape index (κ3) is 4.02. The van der Waals surface area contributed by atoms with Gasteiger partial charge >= 0.3 is 6.03 Å². The molecule has 0 fully saturated rings. The van der Waals surface area contributed by atoms with Gasteiger partial charge in [0, 0.05) is 25.8 Å². The lowest BCUT2D eigenvalue weighted by Gasteiger charge is -2.13. The number of benzene rings is 2. The van der Waals surface area contributed by atoms with Gasteiger partial charge in [-0.05, 0) is 17.7 Å². The number of ether oxygens (including phenoxy) is 1. The van der Waals surface area contributed by atoms with Gasteiger partial charge in [0.1, 0.15) is 12.4 Å². The van der Waals surface area contributed by atoms with E-state index in [1.165, 1.54) is 4.90 Å². The Balaban J connectivity index is 1.97. The zero-order valence-electron chi connectivity index (χ0n) is 11.7. The van der Waals surface area contributed by atoms with Crippen molar-refractivity contribution < 1.29 is 9.53 Å². The summed E-state index contributed by atoms with van der Waals surface area (Å²) in [5.74, 6) is 0.727. The fourth-order valence-electron chi connectivity index (χ4n) is 1.64. The number of urea groups is 1. The van der Waals surface area contributed by atoms with E-state index >= 15 is 0 Å². The highest BCUT2D eigenvalue weighted by Gasteiger charge is 2.04. The van der Waals surface area contributed by atoms with Crippen molar-refractivity contribution in [3.05, 3.63) is 60.2 Å². The summed E-state index contributed by atoms with van der Waals surface area (Å²) in [6.45, 7) is 0.506. The summed E-state index contributed by atoms with van der Waals surface area (Å²) in [5, 5.41) is 2.79. The topological polar surface area (TPSA) is 41.6 Å². The molecule has 0 aliphatic carbocycles. The number of carbonyl (C=O) groups is 1.